The van der Waals surface area contributed by atoms with Crippen LogP contribution in [0.2, 0.25) is 0 Å². The summed E-state index contributed by atoms with van der Waals surface area (Å²) in [5.74, 6) is 2.05. The topological polar surface area (TPSA) is 12.0 Å². The van der Waals surface area contributed by atoms with Crippen molar-refractivity contribution in [1.82, 2.24) is 5.32 Å². The Hall–Kier alpha value is -0.820. The van der Waals surface area contributed by atoms with E-state index < -0.39 is 0 Å². The molecule has 102 valence electrons. The van der Waals surface area contributed by atoms with Crippen LogP contribution >= 0.6 is 0 Å². The lowest BCUT2D eigenvalue weighted by atomic mass is 9.77. The highest BCUT2D eigenvalue weighted by atomic mass is 14.9. The minimum absolute atomic E-state index is 0.455. The van der Waals surface area contributed by atoms with Gasteiger partial charge >= 0.3 is 0 Å². The molecule has 0 heterocycles. The lowest BCUT2D eigenvalue weighted by Gasteiger charge is -2.33. The van der Waals surface area contributed by atoms with Crippen LogP contribution in [-0.4, -0.2) is 7.05 Å². The van der Waals surface area contributed by atoms with Crippen LogP contribution in [0.4, 0.5) is 0 Å². The van der Waals surface area contributed by atoms with Crippen LogP contribution in [0.15, 0.2) is 24.3 Å². The Bertz CT molecular complexity index is 329. The van der Waals surface area contributed by atoms with E-state index in [9.17, 15) is 0 Å². The highest BCUT2D eigenvalue weighted by Crippen LogP contribution is 2.33. The van der Waals surface area contributed by atoms with Crippen molar-refractivity contribution in [3.05, 3.63) is 35.4 Å². The monoisotopic (exact) mass is 247 g/mol. The number of hydrogen-bond donors (Lipinski definition) is 1. The van der Waals surface area contributed by atoms with Crippen molar-refractivity contribution >= 4 is 0 Å². The lowest BCUT2D eigenvalue weighted by Crippen LogP contribution is -2.32. The van der Waals surface area contributed by atoms with E-state index in [1.807, 2.05) is 0 Å². The molecule has 0 saturated carbocycles. The predicted molar refractivity (Wildman–Crippen MR) is 80.8 cm³/mol. The van der Waals surface area contributed by atoms with Gasteiger partial charge < -0.3 is 5.32 Å². The van der Waals surface area contributed by atoms with Gasteiger partial charge in [-0.2, -0.15) is 0 Å². The summed E-state index contributed by atoms with van der Waals surface area (Å²) in [6.07, 6.45) is 1.11. The summed E-state index contributed by atoms with van der Waals surface area (Å²) in [6.45, 7) is 11.5. The highest BCUT2D eigenvalue weighted by molar-refractivity contribution is 5.25. The highest BCUT2D eigenvalue weighted by Gasteiger charge is 2.27. The molecule has 1 nitrogen and oxygen atoms in total. The molecule has 0 saturated heterocycles. The van der Waals surface area contributed by atoms with Crippen LogP contribution in [0.25, 0.3) is 0 Å². The molecule has 1 aromatic carbocycles. The van der Waals surface area contributed by atoms with Gasteiger partial charge in [-0.3, -0.25) is 0 Å². The molecule has 0 aliphatic carbocycles. The zero-order valence-corrected chi connectivity index (χ0v) is 12.8. The average Bonchev–Trinajstić information content (AvgIpc) is 2.35. The van der Waals surface area contributed by atoms with Crippen molar-refractivity contribution in [2.75, 3.05) is 7.05 Å². The first-order valence-electron chi connectivity index (χ1n) is 7.27. The van der Waals surface area contributed by atoms with Gasteiger partial charge in [-0.15, -0.1) is 0 Å². The molecule has 1 rings (SSSR count). The zero-order chi connectivity index (χ0) is 13.7. The van der Waals surface area contributed by atoms with Crippen LogP contribution < -0.4 is 5.32 Å². The Morgan fingerprint density at radius 3 is 1.78 bits per heavy atom. The normalized spacial score (nSPS) is 13.6. The molecule has 0 bridgehead atoms. The summed E-state index contributed by atoms with van der Waals surface area (Å²) >= 11 is 0. The maximum absolute atomic E-state index is 3.52. The van der Waals surface area contributed by atoms with Gasteiger partial charge in [0, 0.05) is 6.04 Å². The van der Waals surface area contributed by atoms with Crippen LogP contribution in [-0.2, 0) is 6.42 Å². The largest absolute Gasteiger partial charge is 0.313 e. The average molecular weight is 247 g/mol. The second-order valence-corrected chi connectivity index (χ2v) is 5.93. The molecule has 1 aromatic rings. The maximum atomic E-state index is 3.52. The second-order valence-electron chi connectivity index (χ2n) is 5.93. The summed E-state index contributed by atoms with van der Waals surface area (Å²) in [4.78, 5) is 0. The molecule has 1 atom stereocenters. The molecule has 1 heteroatoms. The van der Waals surface area contributed by atoms with Gasteiger partial charge in [0.2, 0.25) is 0 Å². The summed E-state index contributed by atoms with van der Waals surface area (Å²) in [7, 11) is 2.08. The maximum Gasteiger partial charge on any atom is 0.0351 e. The fraction of sp³-hybridized carbons (Fsp3) is 0.647. The van der Waals surface area contributed by atoms with E-state index >= 15 is 0 Å². The molecule has 0 aliphatic heterocycles. The number of aryl methyl sites for hydroxylation is 1. The Morgan fingerprint density at radius 2 is 1.44 bits per heavy atom. The van der Waals surface area contributed by atoms with Crippen molar-refractivity contribution in [2.45, 2.75) is 47.1 Å². The molecule has 0 radical (unpaired) electrons. The third-order valence-corrected chi connectivity index (χ3v) is 3.98. The number of hydrogen-bond acceptors (Lipinski definition) is 1. The molecular formula is C17H29N. The molecule has 1 unspecified atom stereocenters. The van der Waals surface area contributed by atoms with E-state index in [4.69, 9.17) is 0 Å². The van der Waals surface area contributed by atoms with Gasteiger partial charge in [0.25, 0.3) is 0 Å². The number of nitrogens with one attached hydrogen (secondary N) is 1. The Kier molecular flexibility index (Phi) is 5.87. The zero-order valence-electron chi connectivity index (χ0n) is 12.8. The summed E-state index contributed by atoms with van der Waals surface area (Å²) < 4.78 is 0. The van der Waals surface area contributed by atoms with Crippen molar-refractivity contribution in [1.29, 1.82) is 0 Å². The van der Waals surface area contributed by atoms with Crippen molar-refractivity contribution in [3.63, 3.8) is 0 Å². The van der Waals surface area contributed by atoms with Crippen LogP contribution in [0, 0.1) is 17.8 Å². The van der Waals surface area contributed by atoms with Crippen molar-refractivity contribution in [2.24, 2.45) is 17.8 Å². The first kappa shape index (κ1) is 15.2. The standard InChI is InChI=1S/C17H29N/c1-7-14-8-10-15(11-9-14)17(18-6)16(12(2)3)13(4)5/h8-13,16-18H,7H2,1-6H3. The van der Waals surface area contributed by atoms with Gasteiger partial charge in [0.05, 0.1) is 0 Å². The lowest BCUT2D eigenvalue weighted by molar-refractivity contribution is 0.217. The summed E-state index contributed by atoms with van der Waals surface area (Å²) in [5.41, 5.74) is 2.83. The first-order valence-corrected chi connectivity index (χ1v) is 7.27. The summed E-state index contributed by atoms with van der Waals surface area (Å²) in [6, 6.07) is 9.56. The molecule has 1 N–H and O–H groups in total. The molecule has 0 aromatic heterocycles. The molecule has 18 heavy (non-hydrogen) atoms. The summed E-state index contributed by atoms with van der Waals surface area (Å²) in [5, 5.41) is 3.52. The minimum atomic E-state index is 0.455. The van der Waals surface area contributed by atoms with Crippen molar-refractivity contribution in [3.8, 4) is 0 Å². The van der Waals surface area contributed by atoms with E-state index in [1.54, 1.807) is 0 Å². The van der Waals surface area contributed by atoms with E-state index in [0.717, 1.165) is 6.42 Å². The minimum Gasteiger partial charge on any atom is -0.313 e. The van der Waals surface area contributed by atoms with E-state index in [0.29, 0.717) is 23.8 Å². The van der Waals surface area contributed by atoms with E-state index in [1.165, 1.54) is 11.1 Å². The van der Waals surface area contributed by atoms with Crippen LogP contribution in [0.3, 0.4) is 0 Å². The second kappa shape index (κ2) is 6.94. The van der Waals surface area contributed by atoms with Crippen molar-refractivity contribution < 1.29 is 0 Å². The van der Waals surface area contributed by atoms with Gasteiger partial charge in [-0.25, -0.2) is 0 Å². The Morgan fingerprint density at radius 1 is 0.944 bits per heavy atom. The van der Waals surface area contributed by atoms with Gasteiger partial charge in [0.1, 0.15) is 0 Å². The smallest absolute Gasteiger partial charge is 0.0351 e. The quantitative estimate of drug-likeness (QED) is 0.783. The third-order valence-electron chi connectivity index (χ3n) is 3.98. The Labute approximate surface area is 113 Å². The fourth-order valence-corrected chi connectivity index (χ4v) is 3.08. The molecule has 0 spiro atoms. The van der Waals surface area contributed by atoms with Crippen LogP contribution in [0.1, 0.15) is 51.8 Å². The fourth-order valence-electron chi connectivity index (χ4n) is 3.08. The number of rotatable bonds is 6. The van der Waals surface area contributed by atoms with E-state index in [-0.39, 0.29) is 0 Å². The Balaban J connectivity index is 2.99. The van der Waals surface area contributed by atoms with Crippen LogP contribution in [0.5, 0.6) is 0 Å². The van der Waals surface area contributed by atoms with Gasteiger partial charge in [0.15, 0.2) is 0 Å². The van der Waals surface area contributed by atoms with Gasteiger partial charge in [-0.1, -0.05) is 58.9 Å². The molecule has 0 amide bonds. The SMILES string of the molecule is CCc1ccc(C(NC)C(C(C)C)C(C)C)cc1. The molecule has 0 fully saturated rings. The van der Waals surface area contributed by atoms with Gasteiger partial charge in [-0.05, 0) is 42.3 Å². The van der Waals surface area contributed by atoms with E-state index in [2.05, 4.69) is 71.2 Å². The third kappa shape index (κ3) is 3.58. The molecular weight excluding hydrogens is 218 g/mol. The predicted octanol–water partition coefficient (Wildman–Crippen LogP) is 4.44. The number of benzene rings is 1. The molecule has 0 aliphatic rings. The first-order chi connectivity index (χ1) is 8.51.